The highest BCUT2D eigenvalue weighted by atomic mass is 28.4. The van der Waals surface area contributed by atoms with Crippen molar-refractivity contribution in [3.8, 4) is 22.6 Å². The summed E-state index contributed by atoms with van der Waals surface area (Å²) in [6.07, 6.45) is -5.33. The molecule has 0 spiro atoms. The van der Waals surface area contributed by atoms with Crippen molar-refractivity contribution in [3.05, 3.63) is 58.4 Å². The monoisotopic (exact) mass is 616 g/mol. The summed E-state index contributed by atoms with van der Waals surface area (Å²) >= 11 is 0. The molecule has 0 aliphatic heterocycles. The predicted molar refractivity (Wildman–Crippen MR) is 153 cm³/mol. The van der Waals surface area contributed by atoms with Crippen LogP contribution < -0.4 is 15.1 Å². The molecule has 12 heteroatoms. The summed E-state index contributed by atoms with van der Waals surface area (Å²) < 4.78 is 94.1. The minimum absolute atomic E-state index is 0.0354. The van der Waals surface area contributed by atoms with Crippen LogP contribution in [0, 0.1) is 0 Å². The first-order valence-corrected chi connectivity index (χ1v) is 16.4. The number of rotatable bonds is 16. The molecule has 2 unspecified atom stereocenters. The van der Waals surface area contributed by atoms with Crippen LogP contribution in [0.1, 0.15) is 44.6 Å². The molecule has 2 atom stereocenters. The molecule has 0 radical (unpaired) electrons. The highest BCUT2D eigenvalue weighted by Gasteiger charge is 2.33. The number of hydrogen-bond acceptors (Lipinski definition) is 6. The van der Waals surface area contributed by atoms with Gasteiger partial charge in [-0.3, -0.25) is 0 Å². The summed E-state index contributed by atoms with van der Waals surface area (Å²) in [5, 5.41) is 0.428. The van der Waals surface area contributed by atoms with E-state index in [0.717, 1.165) is 19.3 Å². The average Bonchev–Trinajstić information content (AvgIpc) is 2.95. The third-order valence-corrected chi connectivity index (χ3v) is 10.1. The second kappa shape index (κ2) is 15.0. The first kappa shape index (κ1) is 33.5. The van der Waals surface area contributed by atoms with Gasteiger partial charge in [-0.25, -0.2) is 13.6 Å². The number of alkyl halides is 5. The van der Waals surface area contributed by atoms with Crippen LogP contribution in [0.4, 0.5) is 22.0 Å². The number of ether oxygens (including phenoxy) is 2. The van der Waals surface area contributed by atoms with E-state index in [1.54, 1.807) is 24.7 Å². The Morgan fingerprint density at radius 1 is 0.929 bits per heavy atom. The molecule has 3 rings (SSSR count). The van der Waals surface area contributed by atoms with Gasteiger partial charge in [0.1, 0.15) is 29.4 Å². The van der Waals surface area contributed by atoms with Crippen molar-refractivity contribution in [2.75, 3.05) is 20.8 Å². The lowest BCUT2D eigenvalue weighted by atomic mass is 10.00. The predicted octanol–water partition coefficient (Wildman–Crippen LogP) is 8.29. The van der Waals surface area contributed by atoms with E-state index in [1.165, 1.54) is 38.5 Å². The van der Waals surface area contributed by atoms with E-state index in [9.17, 15) is 26.7 Å². The molecule has 1 aromatic heterocycles. The van der Waals surface area contributed by atoms with E-state index in [1.807, 2.05) is 6.92 Å². The smallest absolute Gasteiger partial charge is 0.493 e. The Morgan fingerprint density at radius 2 is 1.64 bits per heavy atom. The van der Waals surface area contributed by atoms with Crippen LogP contribution in [0.15, 0.2) is 51.7 Å². The van der Waals surface area contributed by atoms with Gasteiger partial charge < -0.3 is 22.7 Å². The lowest BCUT2D eigenvalue weighted by Gasteiger charge is -2.24. The molecule has 0 N–H and O–H groups in total. The molecule has 0 amide bonds. The fourth-order valence-corrected chi connectivity index (χ4v) is 5.82. The largest absolute Gasteiger partial charge is 0.573 e. The van der Waals surface area contributed by atoms with E-state index >= 15 is 0 Å². The highest BCUT2D eigenvalue weighted by Crippen LogP contribution is 2.35. The summed E-state index contributed by atoms with van der Waals surface area (Å²) in [6, 6.07) is 10.6. The maximum Gasteiger partial charge on any atom is 0.573 e. The maximum absolute atomic E-state index is 14.4. The number of aryl methyl sites for hydroxylation is 1. The molecule has 3 aromatic rings. The average molecular weight is 617 g/mol. The van der Waals surface area contributed by atoms with Crippen molar-refractivity contribution < 1.29 is 44.7 Å². The lowest BCUT2D eigenvalue weighted by molar-refractivity contribution is -0.274. The molecular weight excluding hydrogens is 579 g/mol. The third kappa shape index (κ3) is 9.53. The van der Waals surface area contributed by atoms with Gasteiger partial charge in [-0.2, -0.15) is 0 Å². The molecule has 0 aliphatic carbocycles. The molecule has 0 saturated heterocycles. The number of fused-ring (bicyclic) bond motifs is 1. The van der Waals surface area contributed by atoms with Crippen molar-refractivity contribution in [2.24, 2.45) is 0 Å². The molecule has 42 heavy (non-hydrogen) atoms. The minimum Gasteiger partial charge on any atom is -0.493 e. The Balaban J connectivity index is 1.73. The topological polar surface area (TPSA) is 67.1 Å². The summed E-state index contributed by atoms with van der Waals surface area (Å²) in [4.78, 5) is 12.9. The lowest BCUT2D eigenvalue weighted by Crippen LogP contribution is -2.37. The van der Waals surface area contributed by atoms with Crippen molar-refractivity contribution in [3.63, 3.8) is 0 Å². The van der Waals surface area contributed by atoms with Crippen LogP contribution in [0.25, 0.3) is 22.1 Å². The minimum atomic E-state index is -4.95. The normalized spacial score (nSPS) is 13.7. The van der Waals surface area contributed by atoms with Crippen molar-refractivity contribution in [2.45, 2.75) is 76.7 Å². The zero-order valence-electron chi connectivity index (χ0n) is 24.2. The molecular formula is C30H37F5O6Si. The summed E-state index contributed by atoms with van der Waals surface area (Å²) in [5.41, 5.74) is -0.211. The molecule has 0 saturated carbocycles. The van der Waals surface area contributed by atoms with E-state index < -0.39 is 38.6 Å². The Kier molecular flexibility index (Phi) is 12.0. The van der Waals surface area contributed by atoms with Crippen LogP contribution >= 0.6 is 0 Å². The van der Waals surface area contributed by atoms with Crippen LogP contribution in [-0.2, 0) is 15.3 Å². The Labute approximate surface area is 243 Å². The van der Waals surface area contributed by atoms with Gasteiger partial charge in [-0.15, -0.1) is 13.2 Å². The second-order valence-electron chi connectivity index (χ2n) is 10.2. The molecule has 1 heterocycles. The quantitative estimate of drug-likeness (QED) is 0.0698. The first-order valence-electron chi connectivity index (χ1n) is 13.9. The Bertz CT molecular complexity index is 1360. The van der Waals surface area contributed by atoms with Crippen molar-refractivity contribution in [1.82, 2.24) is 0 Å². The van der Waals surface area contributed by atoms with Crippen LogP contribution in [-0.4, -0.2) is 48.1 Å². The molecule has 2 aromatic carbocycles. The highest BCUT2D eigenvalue weighted by molar-refractivity contribution is 6.65. The zero-order valence-corrected chi connectivity index (χ0v) is 25.2. The second-order valence-corrected chi connectivity index (χ2v) is 13.8. The van der Waals surface area contributed by atoms with Gasteiger partial charge in [0.15, 0.2) is 0 Å². The van der Waals surface area contributed by atoms with Gasteiger partial charge in [0.2, 0.25) is 0 Å². The van der Waals surface area contributed by atoms with E-state index in [-0.39, 0.29) is 41.9 Å². The van der Waals surface area contributed by atoms with Gasteiger partial charge in [-0.1, -0.05) is 31.9 Å². The zero-order chi connectivity index (χ0) is 30.9. The Morgan fingerprint density at radius 3 is 2.31 bits per heavy atom. The standard InChI is InChI=1S/C30H37F5O6Si/c1-5-6-7-8-20-9-12-23(28(17-20)41-30(33,34)35)24-18-21-10-11-22(19-27(21)40-29(24)36)39-15-13-25(31)26(32)14-16-42(4,37-2)38-3/h9-12,17-19,25-26H,5-8,13-16H2,1-4H3. The van der Waals surface area contributed by atoms with E-state index in [0.29, 0.717) is 23.4 Å². The number of benzene rings is 2. The number of halogens is 5. The summed E-state index contributed by atoms with van der Waals surface area (Å²) in [7, 11) is 0.476. The van der Waals surface area contributed by atoms with Gasteiger partial charge in [0.25, 0.3) is 0 Å². The molecule has 232 valence electrons. The third-order valence-electron chi connectivity index (χ3n) is 7.13. The van der Waals surface area contributed by atoms with Gasteiger partial charge in [-0.05, 0) is 61.7 Å². The Hall–Kier alpha value is -2.96. The fourth-order valence-electron chi connectivity index (χ4n) is 4.44. The molecule has 0 aliphatic rings. The van der Waals surface area contributed by atoms with Gasteiger partial charge >= 0.3 is 20.5 Å². The fraction of sp³-hybridized carbons (Fsp3) is 0.500. The van der Waals surface area contributed by atoms with Gasteiger partial charge in [0.05, 0.1) is 12.2 Å². The van der Waals surface area contributed by atoms with Crippen molar-refractivity contribution in [1.29, 1.82) is 0 Å². The van der Waals surface area contributed by atoms with Crippen LogP contribution in [0.3, 0.4) is 0 Å². The summed E-state index contributed by atoms with van der Waals surface area (Å²) in [5.74, 6) is -0.219. The van der Waals surface area contributed by atoms with Crippen LogP contribution in [0.2, 0.25) is 12.6 Å². The van der Waals surface area contributed by atoms with Crippen LogP contribution in [0.5, 0.6) is 11.5 Å². The molecule has 6 nitrogen and oxygen atoms in total. The molecule has 0 fully saturated rings. The SMILES string of the molecule is CCCCCc1ccc(-c2cc3ccc(OCCC(F)C(F)CC[Si](C)(OC)OC)cc3oc2=O)c(OC(F)(F)F)c1. The molecule has 0 bridgehead atoms. The van der Waals surface area contributed by atoms with Gasteiger partial charge in [0, 0.05) is 37.7 Å². The maximum atomic E-state index is 14.4. The number of hydrogen-bond donors (Lipinski definition) is 0. The summed E-state index contributed by atoms with van der Waals surface area (Å²) in [6.45, 7) is 3.68. The number of unbranched alkanes of at least 4 members (excludes halogenated alkanes) is 2. The first-order chi connectivity index (χ1) is 19.9. The van der Waals surface area contributed by atoms with E-state index in [2.05, 4.69) is 4.74 Å². The van der Waals surface area contributed by atoms with E-state index in [4.69, 9.17) is 18.0 Å². The van der Waals surface area contributed by atoms with Crippen molar-refractivity contribution >= 4 is 19.5 Å².